The first-order valence-corrected chi connectivity index (χ1v) is 8.72. The number of carbonyl (C=O) groups excluding carboxylic acids is 2. The number of hydrogen-bond acceptors (Lipinski definition) is 4. The number of nitro benzene ring substituents is 1. The molecule has 0 fully saturated rings. The number of nitrogens with one attached hydrogen (secondary N) is 3. The number of rotatable bonds is 5. The fourth-order valence-corrected chi connectivity index (χ4v) is 2.77. The van der Waals surface area contributed by atoms with E-state index in [9.17, 15) is 19.7 Å². The number of hydrogen-bond donors (Lipinski definition) is 3. The van der Waals surface area contributed by atoms with Crippen LogP contribution < -0.4 is 16.0 Å². The minimum Gasteiger partial charge on any atom is -0.322 e. The zero-order valence-corrected chi connectivity index (χ0v) is 15.5. The highest BCUT2D eigenvalue weighted by molar-refractivity contribution is 6.08. The average molecular weight is 390 g/mol. The van der Waals surface area contributed by atoms with E-state index in [1.54, 1.807) is 67.6 Å². The van der Waals surface area contributed by atoms with Crippen molar-refractivity contribution in [2.45, 2.75) is 6.92 Å². The van der Waals surface area contributed by atoms with Gasteiger partial charge in [0.25, 0.3) is 11.6 Å². The largest absolute Gasteiger partial charge is 0.323 e. The lowest BCUT2D eigenvalue weighted by atomic mass is 10.1. The van der Waals surface area contributed by atoms with Crippen molar-refractivity contribution in [1.29, 1.82) is 0 Å². The van der Waals surface area contributed by atoms with Crippen molar-refractivity contribution in [3.8, 4) is 0 Å². The number of para-hydroxylation sites is 2. The smallest absolute Gasteiger partial charge is 0.322 e. The Morgan fingerprint density at radius 3 is 2.07 bits per heavy atom. The van der Waals surface area contributed by atoms with Crippen molar-refractivity contribution in [3.05, 3.63) is 94.0 Å². The predicted molar refractivity (Wildman–Crippen MR) is 111 cm³/mol. The summed E-state index contributed by atoms with van der Waals surface area (Å²) in [7, 11) is 0. The molecule has 0 spiro atoms. The number of carbonyl (C=O) groups is 2. The van der Waals surface area contributed by atoms with Crippen LogP contribution in [0.4, 0.5) is 27.5 Å². The highest BCUT2D eigenvalue weighted by Crippen LogP contribution is 2.24. The molecule has 0 unspecified atom stereocenters. The first kappa shape index (κ1) is 19.6. The molecule has 29 heavy (non-hydrogen) atoms. The average Bonchev–Trinajstić information content (AvgIpc) is 2.68. The van der Waals surface area contributed by atoms with Gasteiger partial charge in [-0.1, -0.05) is 36.4 Å². The topological polar surface area (TPSA) is 113 Å². The molecule has 0 aromatic heterocycles. The van der Waals surface area contributed by atoms with E-state index in [2.05, 4.69) is 16.0 Å². The van der Waals surface area contributed by atoms with Gasteiger partial charge in [-0.25, -0.2) is 4.79 Å². The Morgan fingerprint density at radius 1 is 0.793 bits per heavy atom. The van der Waals surface area contributed by atoms with Gasteiger partial charge in [0.1, 0.15) is 5.56 Å². The van der Waals surface area contributed by atoms with Gasteiger partial charge in [-0.15, -0.1) is 0 Å². The number of anilines is 3. The molecule has 3 N–H and O–H groups in total. The summed E-state index contributed by atoms with van der Waals surface area (Å²) in [5.41, 5.74) is 1.62. The number of aryl methyl sites for hydroxylation is 1. The van der Waals surface area contributed by atoms with Crippen LogP contribution >= 0.6 is 0 Å². The molecule has 0 atom stereocenters. The second-order valence-corrected chi connectivity index (χ2v) is 6.21. The highest BCUT2D eigenvalue weighted by atomic mass is 16.6. The van der Waals surface area contributed by atoms with Crippen LogP contribution in [0.25, 0.3) is 0 Å². The number of nitro groups is 1. The Balaban J connectivity index is 1.72. The number of nitrogens with zero attached hydrogens (tertiary/aromatic N) is 1. The third-order valence-corrected chi connectivity index (χ3v) is 4.07. The van der Waals surface area contributed by atoms with Gasteiger partial charge in [-0.2, -0.15) is 0 Å². The van der Waals surface area contributed by atoms with Crippen LogP contribution in [0.15, 0.2) is 72.8 Å². The lowest BCUT2D eigenvalue weighted by molar-refractivity contribution is -0.385. The van der Waals surface area contributed by atoms with Crippen molar-refractivity contribution in [1.82, 2.24) is 0 Å². The van der Waals surface area contributed by atoms with E-state index in [0.29, 0.717) is 22.6 Å². The minimum absolute atomic E-state index is 0.0322. The third kappa shape index (κ3) is 4.95. The van der Waals surface area contributed by atoms with E-state index < -0.39 is 16.9 Å². The molecule has 0 heterocycles. The first-order chi connectivity index (χ1) is 13.9. The summed E-state index contributed by atoms with van der Waals surface area (Å²) in [6, 6.07) is 19.6. The van der Waals surface area contributed by atoms with Crippen LogP contribution in [-0.2, 0) is 0 Å². The molecule has 0 saturated carbocycles. The molecule has 0 aliphatic rings. The molecule has 3 rings (SSSR count). The molecule has 0 saturated heterocycles. The molecule has 0 aliphatic carbocycles. The molecule has 146 valence electrons. The number of benzene rings is 3. The number of amides is 3. The fourth-order valence-electron chi connectivity index (χ4n) is 2.77. The summed E-state index contributed by atoms with van der Waals surface area (Å²) in [6.45, 7) is 1.57. The van der Waals surface area contributed by atoms with Crippen molar-refractivity contribution < 1.29 is 14.5 Å². The van der Waals surface area contributed by atoms with Gasteiger partial charge < -0.3 is 16.0 Å². The van der Waals surface area contributed by atoms with E-state index in [-0.39, 0.29) is 11.3 Å². The van der Waals surface area contributed by atoms with Gasteiger partial charge in [0.15, 0.2) is 0 Å². The molecule has 8 heteroatoms. The lowest BCUT2D eigenvalue weighted by Gasteiger charge is -2.10. The Bertz CT molecular complexity index is 1070. The Morgan fingerprint density at radius 2 is 1.38 bits per heavy atom. The molecule has 0 bridgehead atoms. The standard InChI is InChI=1S/C21H18N4O4/c1-14-7-5-12-18(19(14)25(28)29)20(26)22-16-10-6-11-17(13-16)24-21(27)23-15-8-3-2-4-9-15/h2-13H,1H3,(H,22,26)(H2,23,24,27). The Labute approximate surface area is 166 Å². The van der Waals surface area contributed by atoms with Gasteiger partial charge in [0, 0.05) is 22.6 Å². The van der Waals surface area contributed by atoms with E-state index in [1.165, 1.54) is 6.07 Å². The van der Waals surface area contributed by atoms with Gasteiger partial charge >= 0.3 is 6.03 Å². The molecule has 3 amide bonds. The van der Waals surface area contributed by atoms with E-state index in [4.69, 9.17) is 0 Å². The van der Waals surface area contributed by atoms with Crippen LogP contribution in [0.3, 0.4) is 0 Å². The monoisotopic (exact) mass is 390 g/mol. The van der Waals surface area contributed by atoms with Gasteiger partial charge in [0.05, 0.1) is 4.92 Å². The molecule has 0 radical (unpaired) electrons. The van der Waals surface area contributed by atoms with Crippen LogP contribution in [0, 0.1) is 17.0 Å². The lowest BCUT2D eigenvalue weighted by Crippen LogP contribution is -2.19. The zero-order valence-electron chi connectivity index (χ0n) is 15.5. The molecule has 3 aromatic rings. The van der Waals surface area contributed by atoms with Crippen molar-refractivity contribution >= 4 is 34.7 Å². The summed E-state index contributed by atoms with van der Waals surface area (Å²) in [6.07, 6.45) is 0. The molecule has 3 aromatic carbocycles. The molecule has 0 aliphatic heterocycles. The van der Waals surface area contributed by atoms with Gasteiger partial charge in [0.2, 0.25) is 0 Å². The second-order valence-electron chi connectivity index (χ2n) is 6.21. The predicted octanol–water partition coefficient (Wildman–Crippen LogP) is 4.80. The van der Waals surface area contributed by atoms with Crippen molar-refractivity contribution in [3.63, 3.8) is 0 Å². The van der Waals surface area contributed by atoms with Crippen LogP contribution in [0.1, 0.15) is 15.9 Å². The highest BCUT2D eigenvalue weighted by Gasteiger charge is 2.22. The SMILES string of the molecule is Cc1cccc(C(=O)Nc2cccc(NC(=O)Nc3ccccc3)c2)c1[N+](=O)[O-]. The van der Waals surface area contributed by atoms with Gasteiger partial charge in [-0.05, 0) is 43.3 Å². The minimum atomic E-state index is -0.605. The Kier molecular flexibility index (Phi) is 5.84. The maximum atomic E-state index is 12.6. The normalized spacial score (nSPS) is 10.1. The second kappa shape index (κ2) is 8.66. The Hall–Kier alpha value is -4.20. The van der Waals surface area contributed by atoms with Crippen molar-refractivity contribution in [2.75, 3.05) is 16.0 Å². The molecular formula is C21H18N4O4. The maximum Gasteiger partial charge on any atom is 0.323 e. The third-order valence-electron chi connectivity index (χ3n) is 4.07. The zero-order chi connectivity index (χ0) is 20.8. The van der Waals surface area contributed by atoms with E-state index in [1.807, 2.05) is 6.07 Å². The van der Waals surface area contributed by atoms with E-state index in [0.717, 1.165) is 0 Å². The molecule has 8 nitrogen and oxygen atoms in total. The fraction of sp³-hybridized carbons (Fsp3) is 0.0476. The molecular weight excluding hydrogens is 372 g/mol. The number of urea groups is 1. The summed E-state index contributed by atoms with van der Waals surface area (Å²) < 4.78 is 0. The van der Waals surface area contributed by atoms with Crippen LogP contribution in [0.2, 0.25) is 0 Å². The van der Waals surface area contributed by atoms with Crippen molar-refractivity contribution in [2.24, 2.45) is 0 Å². The summed E-state index contributed by atoms with van der Waals surface area (Å²) in [4.78, 5) is 35.4. The van der Waals surface area contributed by atoms with Gasteiger partial charge in [-0.3, -0.25) is 14.9 Å². The van der Waals surface area contributed by atoms with E-state index >= 15 is 0 Å². The van der Waals surface area contributed by atoms with Crippen LogP contribution in [0.5, 0.6) is 0 Å². The first-order valence-electron chi connectivity index (χ1n) is 8.72. The summed E-state index contributed by atoms with van der Waals surface area (Å²) >= 11 is 0. The van der Waals surface area contributed by atoms with Crippen LogP contribution in [-0.4, -0.2) is 16.9 Å². The summed E-state index contributed by atoms with van der Waals surface area (Å²) in [5, 5.41) is 19.3. The maximum absolute atomic E-state index is 12.6. The quantitative estimate of drug-likeness (QED) is 0.429. The summed E-state index contributed by atoms with van der Waals surface area (Å²) in [5.74, 6) is -0.605.